The van der Waals surface area contributed by atoms with Gasteiger partial charge in [-0.1, -0.05) is 0 Å². The molecule has 4 unspecified atom stereocenters. The van der Waals surface area contributed by atoms with Crippen LogP contribution >= 0.6 is 34.0 Å². The number of likely N-dealkylation sites (N-methyl/N-ethyl adjacent to an activating group) is 1. The first-order valence-corrected chi connectivity index (χ1v) is 11.3. The van der Waals surface area contributed by atoms with Gasteiger partial charge < -0.3 is 30.4 Å². The quantitative estimate of drug-likeness (QED) is 0.334. The van der Waals surface area contributed by atoms with Gasteiger partial charge in [0.15, 0.2) is 5.70 Å². The summed E-state index contributed by atoms with van der Waals surface area (Å²) in [5.74, 6) is 0. The molecule has 10 heteroatoms. The average molecular weight is 455 g/mol. The first kappa shape index (κ1) is 22.1. The molecule has 3 rings (SSSR count). The number of rotatable bonds is 8. The first-order chi connectivity index (χ1) is 13.7. The first-order valence-electron chi connectivity index (χ1n) is 8.81. The van der Waals surface area contributed by atoms with E-state index in [1.165, 1.54) is 9.40 Å². The Morgan fingerprint density at radius 3 is 2.34 bits per heavy atom. The number of fused-ring (bicyclic) bond motifs is 3. The topological polar surface area (TPSA) is 109 Å². The summed E-state index contributed by atoms with van der Waals surface area (Å²) < 4.78 is 4.61. The van der Waals surface area contributed by atoms with Gasteiger partial charge >= 0.3 is 0 Å². The molecule has 3 heterocycles. The van der Waals surface area contributed by atoms with E-state index in [9.17, 15) is 20.4 Å². The van der Waals surface area contributed by atoms with Crippen LogP contribution < -0.4 is 4.90 Å². The largest absolute Gasteiger partial charge is 0.394 e. The Hall–Kier alpha value is -1.55. The fourth-order valence-electron chi connectivity index (χ4n) is 2.88. The molecule has 4 atom stereocenters. The van der Waals surface area contributed by atoms with E-state index in [1.54, 1.807) is 52.9 Å². The molecule has 0 bridgehead atoms. The lowest BCUT2D eigenvalue weighted by Gasteiger charge is -2.28. The number of anilines is 1. The minimum Gasteiger partial charge on any atom is -0.394 e. The van der Waals surface area contributed by atoms with Crippen molar-refractivity contribution in [2.24, 2.45) is 0 Å². The van der Waals surface area contributed by atoms with Crippen molar-refractivity contribution >= 4 is 63.9 Å². The molecule has 0 amide bonds. The molecule has 3 aromatic rings. The summed E-state index contributed by atoms with van der Waals surface area (Å²) in [6.45, 7) is 8.20. The van der Waals surface area contributed by atoms with Crippen LogP contribution in [-0.4, -0.2) is 70.1 Å². The van der Waals surface area contributed by atoms with Gasteiger partial charge in [0.05, 0.1) is 33.7 Å². The SMILES string of the molecule is [C-]#[N+]/C(C)=C\c1cc2sc3cc(N(C)CC(O)C(O)C(O)C(O)CO)sc3c2s1. The Balaban J connectivity index is 1.78. The van der Waals surface area contributed by atoms with Crippen LogP contribution in [0.2, 0.25) is 0 Å². The van der Waals surface area contributed by atoms with E-state index in [-0.39, 0.29) is 6.54 Å². The fraction of sp³-hybridized carbons (Fsp3) is 0.421. The van der Waals surface area contributed by atoms with E-state index < -0.39 is 31.0 Å². The van der Waals surface area contributed by atoms with Crippen molar-refractivity contribution in [3.05, 3.63) is 34.1 Å². The van der Waals surface area contributed by atoms with Crippen LogP contribution in [0.4, 0.5) is 5.00 Å². The van der Waals surface area contributed by atoms with Crippen LogP contribution in [0.5, 0.6) is 0 Å². The summed E-state index contributed by atoms with van der Waals surface area (Å²) >= 11 is 4.88. The van der Waals surface area contributed by atoms with Crippen molar-refractivity contribution in [3.63, 3.8) is 0 Å². The number of aliphatic hydroxyl groups is 5. The molecule has 0 fully saturated rings. The standard InChI is InChI=1S/C19H22N2O5S3/c1-9(20-2)4-10-5-13-18(27-10)19-14(28-13)6-15(29-19)21(3)7-11(23)16(25)17(26)12(24)8-22/h4-6,11-12,16-17,22-26H,7-8H2,1,3H3/b9-4-. The summed E-state index contributed by atoms with van der Waals surface area (Å²) in [7, 11) is 1.78. The second-order valence-corrected chi connectivity index (χ2v) is 10.00. The number of allylic oxidation sites excluding steroid dienone is 1. The van der Waals surface area contributed by atoms with Crippen LogP contribution in [-0.2, 0) is 0 Å². The molecule has 0 saturated carbocycles. The Labute approximate surface area is 179 Å². The third-order valence-electron chi connectivity index (χ3n) is 4.52. The fourth-order valence-corrected chi connectivity index (χ4v) is 6.87. The summed E-state index contributed by atoms with van der Waals surface area (Å²) in [5, 5.41) is 49.2. The molecule has 0 saturated heterocycles. The van der Waals surface area contributed by atoms with Gasteiger partial charge in [0.25, 0.3) is 0 Å². The highest BCUT2D eigenvalue weighted by atomic mass is 32.1. The molecule has 0 aromatic carbocycles. The Kier molecular flexibility index (Phi) is 6.93. The molecule has 7 nitrogen and oxygen atoms in total. The van der Waals surface area contributed by atoms with Gasteiger partial charge in [-0.05, 0) is 25.1 Å². The Morgan fingerprint density at radius 1 is 1.07 bits per heavy atom. The van der Waals surface area contributed by atoms with Crippen molar-refractivity contribution in [1.29, 1.82) is 0 Å². The number of hydrogen-bond acceptors (Lipinski definition) is 9. The second kappa shape index (κ2) is 9.07. The summed E-state index contributed by atoms with van der Waals surface area (Å²) in [4.78, 5) is 6.25. The highest BCUT2D eigenvalue weighted by Crippen LogP contribution is 2.46. The number of thiophene rings is 3. The number of hydrogen-bond donors (Lipinski definition) is 5. The summed E-state index contributed by atoms with van der Waals surface area (Å²) in [6.07, 6.45) is -4.15. The van der Waals surface area contributed by atoms with E-state index in [0.29, 0.717) is 5.70 Å². The van der Waals surface area contributed by atoms with E-state index in [1.807, 2.05) is 12.1 Å². The molecule has 0 aliphatic heterocycles. The van der Waals surface area contributed by atoms with Gasteiger partial charge in [-0.15, -0.1) is 34.0 Å². The normalized spacial score (nSPS) is 16.7. The molecule has 0 aliphatic carbocycles. The zero-order valence-corrected chi connectivity index (χ0v) is 18.3. The predicted molar refractivity (Wildman–Crippen MR) is 120 cm³/mol. The van der Waals surface area contributed by atoms with Crippen LogP contribution in [0.15, 0.2) is 17.8 Å². The monoisotopic (exact) mass is 454 g/mol. The van der Waals surface area contributed by atoms with E-state index >= 15 is 0 Å². The van der Waals surface area contributed by atoms with Gasteiger partial charge in [0.1, 0.15) is 18.3 Å². The lowest BCUT2D eigenvalue weighted by Crippen LogP contribution is -2.49. The maximum Gasteiger partial charge on any atom is 0.163 e. The van der Waals surface area contributed by atoms with E-state index in [0.717, 1.165) is 19.3 Å². The van der Waals surface area contributed by atoms with Gasteiger partial charge in [-0.2, -0.15) is 0 Å². The van der Waals surface area contributed by atoms with Crippen LogP contribution in [0.25, 0.3) is 29.7 Å². The lowest BCUT2D eigenvalue weighted by atomic mass is 10.0. The summed E-state index contributed by atoms with van der Waals surface area (Å²) in [6, 6.07) is 4.11. The van der Waals surface area contributed by atoms with Crippen molar-refractivity contribution in [2.75, 3.05) is 25.1 Å². The maximum absolute atomic E-state index is 10.2. The predicted octanol–water partition coefficient (Wildman–Crippen LogP) is 2.33. The highest BCUT2D eigenvalue weighted by molar-refractivity contribution is 7.39. The second-order valence-electron chi connectivity index (χ2n) is 6.80. The number of aliphatic hydroxyl groups excluding tert-OH is 5. The zero-order chi connectivity index (χ0) is 21.3. The minimum atomic E-state index is -1.63. The van der Waals surface area contributed by atoms with Crippen molar-refractivity contribution in [2.45, 2.75) is 31.3 Å². The van der Waals surface area contributed by atoms with Crippen molar-refractivity contribution in [3.8, 4) is 0 Å². The lowest BCUT2D eigenvalue weighted by molar-refractivity contribution is -0.112. The zero-order valence-electron chi connectivity index (χ0n) is 15.8. The van der Waals surface area contributed by atoms with Gasteiger partial charge in [0.2, 0.25) is 0 Å². The van der Waals surface area contributed by atoms with Crippen LogP contribution in [0.3, 0.4) is 0 Å². The van der Waals surface area contributed by atoms with Crippen molar-refractivity contribution in [1.82, 2.24) is 0 Å². The van der Waals surface area contributed by atoms with Gasteiger partial charge in [0, 0.05) is 27.9 Å². The Morgan fingerprint density at radius 2 is 1.69 bits per heavy atom. The molecule has 5 N–H and O–H groups in total. The third kappa shape index (κ3) is 4.63. The van der Waals surface area contributed by atoms with Gasteiger partial charge in [-0.3, -0.25) is 0 Å². The molecule has 0 radical (unpaired) electrons. The van der Waals surface area contributed by atoms with E-state index in [2.05, 4.69) is 10.9 Å². The molecule has 0 aliphatic rings. The molecule has 3 aromatic heterocycles. The molecule has 0 spiro atoms. The van der Waals surface area contributed by atoms with Crippen LogP contribution in [0, 0.1) is 6.57 Å². The maximum atomic E-state index is 10.2. The molecule has 156 valence electrons. The van der Waals surface area contributed by atoms with E-state index in [4.69, 9.17) is 11.7 Å². The van der Waals surface area contributed by atoms with Crippen molar-refractivity contribution < 1.29 is 25.5 Å². The summed E-state index contributed by atoms with van der Waals surface area (Å²) in [5.41, 5.74) is 0.641. The Bertz CT molecular complexity index is 1060. The van der Waals surface area contributed by atoms with Gasteiger partial charge in [-0.25, -0.2) is 4.85 Å². The van der Waals surface area contributed by atoms with Crippen LogP contribution in [0.1, 0.15) is 11.8 Å². The third-order valence-corrected chi connectivity index (χ3v) is 8.36. The minimum absolute atomic E-state index is 0.0515. The molecular formula is C19H22N2O5S3. The average Bonchev–Trinajstić information content (AvgIpc) is 3.36. The highest BCUT2D eigenvalue weighted by Gasteiger charge is 2.31. The molecule has 29 heavy (non-hydrogen) atoms. The molecular weight excluding hydrogens is 432 g/mol. The smallest absolute Gasteiger partial charge is 0.163 e. The number of nitrogens with zero attached hydrogens (tertiary/aromatic N) is 2.